The molecule has 32 heavy (non-hydrogen) atoms. The number of carbonyl (C=O) groups is 1. The minimum absolute atomic E-state index is 0.0683. The van der Waals surface area contributed by atoms with Gasteiger partial charge in [-0.1, -0.05) is 6.07 Å². The van der Waals surface area contributed by atoms with Crippen LogP contribution in [0.5, 0.6) is 5.88 Å². The van der Waals surface area contributed by atoms with Gasteiger partial charge in [-0.2, -0.15) is 5.10 Å². The van der Waals surface area contributed by atoms with E-state index in [2.05, 4.69) is 10.1 Å². The Balaban J connectivity index is 1.84. The molecular formula is C24H26FN3O4. The van der Waals surface area contributed by atoms with Crippen LogP contribution in [0, 0.1) is 19.7 Å². The van der Waals surface area contributed by atoms with Gasteiger partial charge in [-0.15, -0.1) is 0 Å². The molecule has 3 heterocycles. The van der Waals surface area contributed by atoms with Crippen molar-refractivity contribution in [3.63, 3.8) is 0 Å². The van der Waals surface area contributed by atoms with Crippen molar-refractivity contribution < 1.29 is 23.4 Å². The van der Waals surface area contributed by atoms with Gasteiger partial charge in [0.2, 0.25) is 5.88 Å². The second-order valence-electron chi connectivity index (χ2n) is 7.73. The van der Waals surface area contributed by atoms with Crippen LogP contribution < -0.4 is 4.74 Å². The van der Waals surface area contributed by atoms with Crippen molar-refractivity contribution in [2.75, 3.05) is 26.9 Å². The van der Waals surface area contributed by atoms with Crippen LogP contribution in [0.1, 0.15) is 40.9 Å². The number of aromatic nitrogens is 3. The van der Waals surface area contributed by atoms with E-state index < -0.39 is 11.8 Å². The van der Waals surface area contributed by atoms with Crippen LogP contribution in [0.15, 0.2) is 30.6 Å². The number of esters is 1. The lowest BCUT2D eigenvalue weighted by molar-refractivity contribution is 0.0527. The Labute approximate surface area is 186 Å². The number of pyridine rings is 1. The number of ether oxygens (including phenoxy) is 3. The number of benzene rings is 1. The molecular weight excluding hydrogens is 413 g/mol. The van der Waals surface area contributed by atoms with E-state index in [4.69, 9.17) is 14.2 Å². The van der Waals surface area contributed by atoms with E-state index in [1.165, 1.54) is 12.3 Å². The minimum Gasteiger partial charge on any atom is -0.481 e. The molecule has 168 valence electrons. The van der Waals surface area contributed by atoms with Gasteiger partial charge in [-0.3, -0.25) is 4.68 Å². The Morgan fingerprint density at radius 2 is 2.12 bits per heavy atom. The fourth-order valence-electron chi connectivity index (χ4n) is 4.21. The first kappa shape index (κ1) is 22.0. The standard InChI is InChI=1S/C24H26FN3O4/c1-5-32-24(29)19-12-27-28(17-8-9-31-13-17)22(19)18-7-6-16(10-20(18)25)21-14(2)11-26-23(30-4)15(21)3/h6-7,10-12,17H,5,8-9,13H2,1-4H3. The molecule has 1 aromatic carbocycles. The Bertz CT molecular complexity index is 1150. The van der Waals surface area contributed by atoms with E-state index in [0.29, 0.717) is 30.4 Å². The first-order valence-electron chi connectivity index (χ1n) is 10.6. The summed E-state index contributed by atoms with van der Waals surface area (Å²) in [6.07, 6.45) is 3.90. The zero-order chi connectivity index (χ0) is 22.8. The molecule has 0 amide bonds. The minimum atomic E-state index is -0.526. The Hall–Kier alpha value is -3.26. The van der Waals surface area contributed by atoms with E-state index in [1.807, 2.05) is 19.9 Å². The van der Waals surface area contributed by atoms with Crippen molar-refractivity contribution in [2.45, 2.75) is 33.2 Å². The van der Waals surface area contributed by atoms with Crippen LogP contribution in [0.2, 0.25) is 0 Å². The number of rotatable bonds is 6. The van der Waals surface area contributed by atoms with Gasteiger partial charge < -0.3 is 14.2 Å². The van der Waals surface area contributed by atoms with E-state index >= 15 is 4.39 Å². The van der Waals surface area contributed by atoms with E-state index in [9.17, 15) is 4.79 Å². The van der Waals surface area contributed by atoms with Gasteiger partial charge in [0.15, 0.2) is 0 Å². The predicted octanol–water partition coefficient (Wildman–Crippen LogP) is 4.51. The van der Waals surface area contributed by atoms with Crippen LogP contribution in [-0.4, -0.2) is 47.7 Å². The molecule has 0 spiro atoms. The zero-order valence-corrected chi connectivity index (χ0v) is 18.6. The summed E-state index contributed by atoms with van der Waals surface area (Å²) in [5.74, 6) is -0.482. The molecule has 0 bridgehead atoms. The fourth-order valence-corrected chi connectivity index (χ4v) is 4.21. The Morgan fingerprint density at radius 3 is 2.78 bits per heavy atom. The average molecular weight is 439 g/mol. The number of nitrogens with zero attached hydrogens (tertiary/aromatic N) is 3. The van der Waals surface area contributed by atoms with Crippen LogP contribution >= 0.6 is 0 Å². The van der Waals surface area contributed by atoms with Crippen molar-refractivity contribution in [2.24, 2.45) is 0 Å². The number of hydrogen-bond acceptors (Lipinski definition) is 6. The third-order valence-corrected chi connectivity index (χ3v) is 5.71. The largest absolute Gasteiger partial charge is 0.481 e. The quantitative estimate of drug-likeness (QED) is 0.526. The van der Waals surface area contributed by atoms with Gasteiger partial charge >= 0.3 is 5.97 Å². The molecule has 3 aromatic rings. The molecule has 4 rings (SSSR count). The highest BCUT2D eigenvalue weighted by atomic mass is 19.1. The molecule has 1 aliphatic rings. The molecule has 7 nitrogen and oxygen atoms in total. The number of halogens is 1. The van der Waals surface area contributed by atoms with Crippen LogP contribution in [0.3, 0.4) is 0 Å². The summed E-state index contributed by atoms with van der Waals surface area (Å²) < 4.78 is 33.3. The number of carbonyl (C=O) groups excluding carboxylic acids is 1. The van der Waals surface area contributed by atoms with Gasteiger partial charge in [0, 0.05) is 23.9 Å². The van der Waals surface area contributed by atoms with Gasteiger partial charge in [0.1, 0.15) is 11.4 Å². The maximum atomic E-state index is 15.6. The first-order chi connectivity index (χ1) is 15.5. The van der Waals surface area contributed by atoms with Crippen molar-refractivity contribution in [1.29, 1.82) is 0 Å². The van der Waals surface area contributed by atoms with Crippen molar-refractivity contribution in [3.8, 4) is 28.3 Å². The van der Waals surface area contributed by atoms with Gasteiger partial charge in [-0.05, 0) is 56.0 Å². The Morgan fingerprint density at radius 1 is 1.31 bits per heavy atom. The molecule has 0 N–H and O–H groups in total. The van der Waals surface area contributed by atoms with Gasteiger partial charge in [0.05, 0.1) is 38.3 Å². The third kappa shape index (κ3) is 3.86. The van der Waals surface area contributed by atoms with Crippen molar-refractivity contribution in [1.82, 2.24) is 14.8 Å². The van der Waals surface area contributed by atoms with Crippen LogP contribution in [0.25, 0.3) is 22.4 Å². The molecule has 8 heteroatoms. The molecule has 1 aliphatic heterocycles. The lowest BCUT2D eigenvalue weighted by atomic mass is 9.95. The van der Waals surface area contributed by atoms with Crippen LogP contribution in [0.4, 0.5) is 4.39 Å². The van der Waals surface area contributed by atoms with Crippen LogP contribution in [-0.2, 0) is 9.47 Å². The second-order valence-corrected chi connectivity index (χ2v) is 7.73. The van der Waals surface area contributed by atoms with E-state index in [1.54, 1.807) is 31.0 Å². The lowest BCUT2D eigenvalue weighted by Gasteiger charge is -2.17. The normalized spacial score (nSPS) is 15.7. The average Bonchev–Trinajstić information content (AvgIpc) is 3.44. The maximum absolute atomic E-state index is 15.6. The first-order valence-corrected chi connectivity index (χ1v) is 10.6. The molecule has 1 atom stereocenters. The van der Waals surface area contributed by atoms with E-state index in [-0.39, 0.29) is 23.8 Å². The molecule has 2 aromatic heterocycles. The molecule has 0 saturated carbocycles. The summed E-state index contributed by atoms with van der Waals surface area (Å²) in [6.45, 7) is 6.84. The van der Waals surface area contributed by atoms with Crippen molar-refractivity contribution >= 4 is 5.97 Å². The number of methoxy groups -OCH3 is 1. The fraction of sp³-hybridized carbons (Fsp3) is 0.375. The predicted molar refractivity (Wildman–Crippen MR) is 117 cm³/mol. The summed E-state index contributed by atoms with van der Waals surface area (Å²) in [7, 11) is 1.56. The highest BCUT2D eigenvalue weighted by Crippen LogP contribution is 2.36. The summed E-state index contributed by atoms with van der Waals surface area (Å²) in [5, 5.41) is 4.39. The molecule has 1 saturated heterocycles. The summed E-state index contributed by atoms with van der Waals surface area (Å²) in [6, 6.07) is 4.93. The maximum Gasteiger partial charge on any atom is 0.341 e. The summed E-state index contributed by atoms with van der Waals surface area (Å²) >= 11 is 0. The van der Waals surface area contributed by atoms with E-state index in [0.717, 1.165) is 23.1 Å². The van der Waals surface area contributed by atoms with Gasteiger partial charge in [-0.25, -0.2) is 14.2 Å². The lowest BCUT2D eigenvalue weighted by Crippen LogP contribution is -2.14. The summed E-state index contributed by atoms with van der Waals surface area (Å²) in [4.78, 5) is 16.9. The zero-order valence-electron chi connectivity index (χ0n) is 18.6. The SMILES string of the molecule is CCOC(=O)c1cnn(C2CCOC2)c1-c1ccc(-c2c(C)cnc(OC)c2C)cc1F. The third-order valence-electron chi connectivity index (χ3n) is 5.71. The molecule has 0 radical (unpaired) electrons. The smallest absolute Gasteiger partial charge is 0.341 e. The monoisotopic (exact) mass is 439 g/mol. The highest BCUT2D eigenvalue weighted by Gasteiger charge is 2.28. The van der Waals surface area contributed by atoms with Gasteiger partial charge in [0.25, 0.3) is 0 Å². The molecule has 1 unspecified atom stereocenters. The van der Waals surface area contributed by atoms with Crippen molar-refractivity contribution in [3.05, 3.63) is 53.1 Å². The summed E-state index contributed by atoms with van der Waals surface area (Å²) in [5.41, 5.74) is 4.25. The molecule has 0 aliphatic carbocycles. The highest BCUT2D eigenvalue weighted by molar-refractivity contribution is 5.96. The number of hydrogen-bond donors (Lipinski definition) is 0. The number of aryl methyl sites for hydroxylation is 1. The molecule has 1 fully saturated rings. The second kappa shape index (κ2) is 9.08. The Kier molecular flexibility index (Phi) is 6.23. The topological polar surface area (TPSA) is 75.5 Å².